The molecule has 0 saturated heterocycles. The number of nitrogens with zero attached hydrogens (tertiary/aromatic N) is 2. The Kier molecular flexibility index (Phi) is 6.08. The number of hydrogen-bond donors (Lipinski definition) is 1. The Labute approximate surface area is 161 Å². The van der Waals surface area contributed by atoms with Crippen LogP contribution < -0.4 is 10.1 Å². The number of fused-ring (bicyclic) bond motifs is 1. The lowest BCUT2D eigenvalue weighted by Gasteiger charge is -2.30. The summed E-state index contributed by atoms with van der Waals surface area (Å²) in [6, 6.07) is 6.06. The minimum Gasteiger partial charge on any atom is -0.492 e. The summed E-state index contributed by atoms with van der Waals surface area (Å²) in [4.78, 5) is 14.5. The fourth-order valence-corrected chi connectivity index (χ4v) is 5.11. The van der Waals surface area contributed by atoms with Crippen molar-refractivity contribution in [1.29, 1.82) is 0 Å². The van der Waals surface area contributed by atoms with Gasteiger partial charge >= 0.3 is 0 Å². The summed E-state index contributed by atoms with van der Waals surface area (Å²) in [5.74, 6) is 0.108. The molecule has 1 saturated carbocycles. The Balaban J connectivity index is 1.85. The van der Waals surface area contributed by atoms with E-state index in [0.717, 1.165) is 18.4 Å². The molecule has 0 unspecified atom stereocenters. The number of benzene rings is 1. The number of ether oxygens (including phenoxy) is 1. The average Bonchev–Trinajstić information content (AvgIpc) is 3.35. The maximum Gasteiger partial charge on any atom is 0.247 e. The van der Waals surface area contributed by atoms with Crippen LogP contribution in [0.1, 0.15) is 32.3 Å². The maximum absolute atomic E-state index is 13.4. The van der Waals surface area contributed by atoms with E-state index >= 15 is 0 Å². The molecule has 0 atom stereocenters. The number of nitrogens with one attached hydrogen (secondary N) is 1. The first-order chi connectivity index (χ1) is 12.8. The van der Waals surface area contributed by atoms with Gasteiger partial charge in [0.25, 0.3) is 0 Å². The molecular weight excluding hydrogens is 366 g/mol. The first-order valence-corrected chi connectivity index (χ1v) is 11.0. The highest BCUT2D eigenvalue weighted by Crippen LogP contribution is 2.34. The molecule has 1 heterocycles. The Morgan fingerprint density at radius 1 is 1.30 bits per heavy atom. The van der Waals surface area contributed by atoms with Gasteiger partial charge in [0, 0.05) is 38.6 Å². The van der Waals surface area contributed by atoms with Gasteiger partial charge in [0.1, 0.15) is 10.6 Å². The fraction of sp³-hybridized carbons (Fsp3) is 0.632. The van der Waals surface area contributed by atoms with Crippen LogP contribution >= 0.6 is 0 Å². The van der Waals surface area contributed by atoms with Crippen LogP contribution in [0.5, 0.6) is 5.75 Å². The molecule has 1 aromatic carbocycles. The molecule has 27 heavy (non-hydrogen) atoms. The standard InChI is InChI=1S/C19H29N3O4S/c1-14(2)22(16-7-8-16)11-10-21(13-18(23)20-3)27(24,25)17-6-4-5-15-9-12-26-19(15)17/h4-6,14,16H,7-13H2,1-3H3,(H,20,23). The number of rotatable bonds is 9. The topological polar surface area (TPSA) is 79.0 Å². The number of carbonyl (C=O) groups is 1. The third kappa shape index (κ3) is 4.44. The number of amides is 1. The quantitative estimate of drug-likeness (QED) is 0.680. The van der Waals surface area contributed by atoms with Crippen molar-refractivity contribution in [1.82, 2.24) is 14.5 Å². The van der Waals surface area contributed by atoms with Crippen LogP contribution in [0.25, 0.3) is 0 Å². The molecule has 1 aliphatic carbocycles. The normalized spacial score (nSPS) is 16.7. The monoisotopic (exact) mass is 395 g/mol. The van der Waals surface area contributed by atoms with Crippen LogP contribution in [0.2, 0.25) is 0 Å². The highest BCUT2D eigenvalue weighted by Gasteiger charge is 2.35. The van der Waals surface area contributed by atoms with E-state index in [1.807, 2.05) is 6.07 Å². The van der Waals surface area contributed by atoms with Gasteiger partial charge in [-0.15, -0.1) is 0 Å². The Morgan fingerprint density at radius 2 is 2.04 bits per heavy atom. The zero-order valence-corrected chi connectivity index (χ0v) is 17.1. The van der Waals surface area contributed by atoms with Gasteiger partial charge in [-0.1, -0.05) is 12.1 Å². The highest BCUT2D eigenvalue weighted by molar-refractivity contribution is 7.89. The van der Waals surface area contributed by atoms with E-state index in [1.54, 1.807) is 12.1 Å². The molecule has 1 aliphatic heterocycles. The third-order valence-corrected chi connectivity index (χ3v) is 7.05. The number of carbonyl (C=O) groups excluding carboxylic acids is 1. The predicted octanol–water partition coefficient (Wildman–Crippen LogP) is 1.23. The number of likely N-dealkylation sites (N-methyl/N-ethyl adjacent to an activating group) is 1. The van der Waals surface area contributed by atoms with E-state index in [-0.39, 0.29) is 23.9 Å². The summed E-state index contributed by atoms with van der Waals surface area (Å²) in [6.07, 6.45) is 3.01. The Morgan fingerprint density at radius 3 is 2.67 bits per heavy atom. The summed E-state index contributed by atoms with van der Waals surface area (Å²) in [6.45, 7) is 5.41. The molecule has 2 aliphatic rings. The molecule has 0 aromatic heterocycles. The predicted molar refractivity (Wildman–Crippen MR) is 103 cm³/mol. The van der Waals surface area contributed by atoms with Gasteiger partial charge in [-0.2, -0.15) is 4.31 Å². The molecule has 0 radical (unpaired) electrons. The van der Waals surface area contributed by atoms with Crippen molar-refractivity contribution >= 4 is 15.9 Å². The van der Waals surface area contributed by atoms with Crippen molar-refractivity contribution in [2.24, 2.45) is 0 Å². The highest BCUT2D eigenvalue weighted by atomic mass is 32.2. The number of sulfonamides is 1. The second-order valence-electron chi connectivity index (χ2n) is 7.42. The zero-order chi connectivity index (χ0) is 19.6. The molecule has 3 rings (SSSR count). The maximum atomic E-state index is 13.4. The average molecular weight is 396 g/mol. The molecule has 0 bridgehead atoms. The summed E-state index contributed by atoms with van der Waals surface area (Å²) in [5.41, 5.74) is 0.901. The second kappa shape index (κ2) is 8.16. The molecule has 1 N–H and O–H groups in total. The molecule has 7 nitrogen and oxygen atoms in total. The van der Waals surface area contributed by atoms with Gasteiger partial charge in [-0.3, -0.25) is 9.69 Å². The Hall–Kier alpha value is -1.64. The van der Waals surface area contributed by atoms with Crippen molar-refractivity contribution in [3.8, 4) is 5.75 Å². The lowest BCUT2D eigenvalue weighted by Crippen LogP contribution is -2.45. The van der Waals surface area contributed by atoms with Gasteiger partial charge in [-0.25, -0.2) is 8.42 Å². The lowest BCUT2D eigenvalue weighted by molar-refractivity contribution is -0.120. The van der Waals surface area contributed by atoms with Gasteiger partial charge in [-0.05, 0) is 38.3 Å². The van der Waals surface area contributed by atoms with Crippen molar-refractivity contribution < 1.29 is 17.9 Å². The molecule has 1 aromatic rings. The van der Waals surface area contributed by atoms with Gasteiger partial charge in [0.15, 0.2) is 0 Å². The minimum atomic E-state index is -3.84. The first kappa shape index (κ1) is 20.1. The smallest absolute Gasteiger partial charge is 0.247 e. The van der Waals surface area contributed by atoms with Crippen molar-refractivity contribution in [2.45, 2.75) is 50.1 Å². The van der Waals surface area contributed by atoms with Crippen LogP contribution in [0.3, 0.4) is 0 Å². The summed E-state index contributed by atoms with van der Waals surface area (Å²) >= 11 is 0. The van der Waals surface area contributed by atoms with Crippen LogP contribution in [0, 0.1) is 0 Å². The van der Waals surface area contributed by atoms with Crippen LogP contribution in [-0.4, -0.2) is 68.9 Å². The summed E-state index contributed by atoms with van der Waals surface area (Å²) in [5, 5.41) is 2.53. The van der Waals surface area contributed by atoms with Crippen LogP contribution in [0.15, 0.2) is 23.1 Å². The Bertz CT molecular complexity index is 788. The van der Waals surface area contributed by atoms with Crippen molar-refractivity contribution in [2.75, 3.05) is 33.3 Å². The van der Waals surface area contributed by atoms with Crippen LogP contribution in [0.4, 0.5) is 0 Å². The van der Waals surface area contributed by atoms with Crippen LogP contribution in [-0.2, 0) is 21.2 Å². The largest absolute Gasteiger partial charge is 0.492 e. The fourth-order valence-electron chi connectivity index (χ4n) is 3.55. The van der Waals surface area contributed by atoms with E-state index < -0.39 is 10.0 Å². The second-order valence-corrected chi connectivity index (χ2v) is 9.32. The lowest BCUT2D eigenvalue weighted by atomic mass is 10.2. The van der Waals surface area contributed by atoms with Crippen molar-refractivity contribution in [3.63, 3.8) is 0 Å². The summed E-state index contributed by atoms with van der Waals surface area (Å²) < 4.78 is 33.6. The van der Waals surface area contributed by atoms with E-state index in [4.69, 9.17) is 4.74 Å². The summed E-state index contributed by atoms with van der Waals surface area (Å²) in [7, 11) is -2.32. The van der Waals surface area contributed by atoms with E-state index in [0.29, 0.717) is 37.4 Å². The molecule has 8 heteroatoms. The zero-order valence-electron chi connectivity index (χ0n) is 16.3. The van der Waals surface area contributed by atoms with Gasteiger partial charge in [0.05, 0.1) is 13.2 Å². The molecule has 150 valence electrons. The molecule has 1 amide bonds. The number of hydrogen-bond acceptors (Lipinski definition) is 5. The number of para-hydroxylation sites is 1. The molecule has 0 spiro atoms. The molecular formula is C19H29N3O4S. The van der Waals surface area contributed by atoms with Crippen molar-refractivity contribution in [3.05, 3.63) is 23.8 Å². The minimum absolute atomic E-state index is 0.156. The SMILES string of the molecule is CNC(=O)CN(CCN(C(C)C)C1CC1)S(=O)(=O)c1cccc2c1OCC2. The van der Waals surface area contributed by atoms with Gasteiger partial charge in [0.2, 0.25) is 15.9 Å². The first-order valence-electron chi connectivity index (χ1n) is 9.55. The third-order valence-electron chi connectivity index (χ3n) is 5.18. The van der Waals surface area contributed by atoms with E-state index in [2.05, 4.69) is 24.1 Å². The molecule has 1 fully saturated rings. The van der Waals surface area contributed by atoms with E-state index in [9.17, 15) is 13.2 Å². The van der Waals surface area contributed by atoms with Gasteiger partial charge < -0.3 is 10.1 Å². The van der Waals surface area contributed by atoms with E-state index in [1.165, 1.54) is 11.4 Å².